The molecule has 4 rings (SSSR count). The summed E-state index contributed by atoms with van der Waals surface area (Å²) in [4.78, 5) is 12.7. The van der Waals surface area contributed by atoms with E-state index in [1.807, 2.05) is 43.3 Å². The van der Waals surface area contributed by atoms with E-state index in [0.29, 0.717) is 30.8 Å². The standard InChI is InChI=1S/C26H32N2O3S/c1-20-15-17-23(18-16-20)32(30,31)28-19-21(24-12-6-7-13-25(24)28)9-8-14-26(29)27-22-10-4-2-3-5-11-22/h6-7,12-13,15-19,22H,2-5,8-11,14H2,1H3,(H,27,29). The van der Waals surface area contributed by atoms with Crippen LogP contribution in [0.15, 0.2) is 59.6 Å². The van der Waals surface area contributed by atoms with Gasteiger partial charge in [-0.3, -0.25) is 4.79 Å². The lowest BCUT2D eigenvalue weighted by atomic mass is 10.1. The van der Waals surface area contributed by atoms with Crippen LogP contribution in [0, 0.1) is 6.92 Å². The molecule has 0 aliphatic heterocycles. The van der Waals surface area contributed by atoms with Gasteiger partial charge in [-0.25, -0.2) is 12.4 Å². The second-order valence-corrected chi connectivity index (χ2v) is 10.7. The van der Waals surface area contributed by atoms with Crippen molar-refractivity contribution in [1.82, 2.24) is 9.29 Å². The second kappa shape index (κ2) is 9.90. The second-order valence-electron chi connectivity index (χ2n) is 8.89. The van der Waals surface area contributed by atoms with E-state index in [1.54, 1.807) is 18.3 Å². The first-order chi connectivity index (χ1) is 15.4. The predicted octanol–water partition coefficient (Wildman–Crippen LogP) is 5.35. The van der Waals surface area contributed by atoms with Crippen LogP contribution in [0.5, 0.6) is 0 Å². The third-order valence-electron chi connectivity index (χ3n) is 6.41. The third kappa shape index (κ3) is 5.07. The SMILES string of the molecule is Cc1ccc(S(=O)(=O)n2cc(CCCC(=O)NC3CCCCCC3)c3ccccc32)cc1. The van der Waals surface area contributed by atoms with E-state index >= 15 is 0 Å². The smallest absolute Gasteiger partial charge is 0.268 e. The monoisotopic (exact) mass is 452 g/mol. The molecule has 1 aliphatic rings. The summed E-state index contributed by atoms with van der Waals surface area (Å²) in [5, 5.41) is 4.12. The Labute approximate surface area is 190 Å². The van der Waals surface area contributed by atoms with Gasteiger partial charge in [-0.2, -0.15) is 0 Å². The highest BCUT2D eigenvalue weighted by Crippen LogP contribution is 2.27. The van der Waals surface area contributed by atoms with E-state index in [0.717, 1.165) is 29.4 Å². The van der Waals surface area contributed by atoms with Crippen LogP contribution in [0.25, 0.3) is 10.9 Å². The molecule has 2 aromatic carbocycles. The fourth-order valence-corrected chi connectivity index (χ4v) is 5.99. The summed E-state index contributed by atoms with van der Waals surface area (Å²) in [6, 6.07) is 14.8. The number of nitrogens with zero attached hydrogens (tertiary/aromatic N) is 1. The molecular formula is C26H32N2O3S. The van der Waals surface area contributed by atoms with E-state index in [2.05, 4.69) is 5.32 Å². The van der Waals surface area contributed by atoms with Gasteiger partial charge in [0.05, 0.1) is 10.4 Å². The summed E-state index contributed by atoms with van der Waals surface area (Å²) in [5.41, 5.74) is 2.65. The Bertz CT molecular complexity index is 1170. The number of benzene rings is 2. The summed E-state index contributed by atoms with van der Waals surface area (Å²) in [7, 11) is -3.69. The lowest BCUT2D eigenvalue weighted by Gasteiger charge is -2.16. The number of hydrogen-bond acceptors (Lipinski definition) is 3. The molecule has 3 aromatic rings. The summed E-state index contributed by atoms with van der Waals surface area (Å²) in [5.74, 6) is 0.105. The fraction of sp³-hybridized carbons (Fsp3) is 0.423. The minimum absolute atomic E-state index is 0.105. The third-order valence-corrected chi connectivity index (χ3v) is 8.10. The maximum atomic E-state index is 13.3. The normalized spacial score (nSPS) is 15.5. The highest BCUT2D eigenvalue weighted by Gasteiger charge is 2.21. The molecule has 0 bridgehead atoms. The predicted molar refractivity (Wildman–Crippen MR) is 128 cm³/mol. The van der Waals surface area contributed by atoms with Gasteiger partial charge in [-0.15, -0.1) is 0 Å². The summed E-state index contributed by atoms with van der Waals surface area (Å²) >= 11 is 0. The zero-order valence-electron chi connectivity index (χ0n) is 18.7. The van der Waals surface area contributed by atoms with E-state index in [-0.39, 0.29) is 10.8 Å². The van der Waals surface area contributed by atoms with Gasteiger partial charge in [0.25, 0.3) is 10.0 Å². The van der Waals surface area contributed by atoms with Gasteiger partial charge in [0.15, 0.2) is 0 Å². The van der Waals surface area contributed by atoms with Gasteiger partial charge in [0, 0.05) is 24.0 Å². The number of aromatic nitrogens is 1. The van der Waals surface area contributed by atoms with Crippen LogP contribution in [0.2, 0.25) is 0 Å². The molecular weight excluding hydrogens is 420 g/mol. The van der Waals surface area contributed by atoms with Crippen molar-refractivity contribution in [3.05, 3.63) is 65.9 Å². The summed E-state index contributed by atoms with van der Waals surface area (Å²) in [6.07, 6.45) is 10.6. The molecule has 0 spiro atoms. The van der Waals surface area contributed by atoms with Crippen molar-refractivity contribution < 1.29 is 13.2 Å². The van der Waals surface area contributed by atoms with Crippen LogP contribution < -0.4 is 5.32 Å². The van der Waals surface area contributed by atoms with Gasteiger partial charge in [-0.1, -0.05) is 61.6 Å². The summed E-state index contributed by atoms with van der Waals surface area (Å²) in [6.45, 7) is 1.94. The zero-order chi connectivity index (χ0) is 22.6. The van der Waals surface area contributed by atoms with Crippen LogP contribution in [-0.4, -0.2) is 24.3 Å². The van der Waals surface area contributed by atoms with Crippen molar-refractivity contribution in [2.45, 2.75) is 75.6 Å². The molecule has 1 fully saturated rings. The first kappa shape index (κ1) is 22.6. The molecule has 1 heterocycles. The van der Waals surface area contributed by atoms with Crippen LogP contribution in [-0.2, 0) is 21.2 Å². The van der Waals surface area contributed by atoms with Crippen LogP contribution >= 0.6 is 0 Å². The van der Waals surface area contributed by atoms with Crippen LogP contribution in [0.3, 0.4) is 0 Å². The van der Waals surface area contributed by atoms with Gasteiger partial charge < -0.3 is 5.32 Å². The topological polar surface area (TPSA) is 68.2 Å². The number of para-hydroxylation sites is 1. The number of aryl methyl sites for hydroxylation is 2. The van der Waals surface area contributed by atoms with Crippen LogP contribution in [0.4, 0.5) is 0 Å². The maximum absolute atomic E-state index is 13.3. The Balaban J connectivity index is 1.48. The van der Waals surface area contributed by atoms with E-state index in [9.17, 15) is 13.2 Å². The highest BCUT2D eigenvalue weighted by molar-refractivity contribution is 7.90. The van der Waals surface area contributed by atoms with Crippen molar-refractivity contribution in [2.75, 3.05) is 0 Å². The molecule has 32 heavy (non-hydrogen) atoms. The van der Waals surface area contributed by atoms with Crippen molar-refractivity contribution in [1.29, 1.82) is 0 Å². The lowest BCUT2D eigenvalue weighted by Crippen LogP contribution is -2.34. The molecule has 5 nitrogen and oxygen atoms in total. The molecule has 0 saturated heterocycles. The lowest BCUT2D eigenvalue weighted by molar-refractivity contribution is -0.121. The molecule has 1 amide bonds. The first-order valence-electron chi connectivity index (χ1n) is 11.7. The highest BCUT2D eigenvalue weighted by atomic mass is 32.2. The Morgan fingerprint density at radius 1 is 1.00 bits per heavy atom. The molecule has 0 radical (unpaired) electrons. The number of nitrogens with one attached hydrogen (secondary N) is 1. The molecule has 1 aromatic heterocycles. The zero-order valence-corrected chi connectivity index (χ0v) is 19.5. The number of amides is 1. The largest absolute Gasteiger partial charge is 0.353 e. The average Bonchev–Trinajstić information content (AvgIpc) is 2.96. The Morgan fingerprint density at radius 2 is 1.69 bits per heavy atom. The number of rotatable bonds is 7. The number of carbonyl (C=O) groups excluding carboxylic acids is 1. The minimum atomic E-state index is -3.69. The van der Waals surface area contributed by atoms with Gasteiger partial charge in [0.2, 0.25) is 5.91 Å². The minimum Gasteiger partial charge on any atom is -0.353 e. The molecule has 1 N–H and O–H groups in total. The van der Waals surface area contributed by atoms with E-state index < -0.39 is 10.0 Å². The molecule has 1 saturated carbocycles. The van der Waals surface area contributed by atoms with Crippen molar-refractivity contribution >= 4 is 26.8 Å². The number of hydrogen-bond donors (Lipinski definition) is 1. The van der Waals surface area contributed by atoms with Crippen molar-refractivity contribution in [3.8, 4) is 0 Å². The van der Waals surface area contributed by atoms with Crippen molar-refractivity contribution in [2.24, 2.45) is 0 Å². The van der Waals surface area contributed by atoms with Crippen molar-refractivity contribution in [3.63, 3.8) is 0 Å². The van der Waals surface area contributed by atoms with E-state index in [1.165, 1.54) is 29.7 Å². The molecule has 6 heteroatoms. The molecule has 170 valence electrons. The first-order valence-corrected chi connectivity index (χ1v) is 13.1. The van der Waals surface area contributed by atoms with E-state index in [4.69, 9.17) is 0 Å². The average molecular weight is 453 g/mol. The number of carbonyl (C=O) groups is 1. The quantitative estimate of drug-likeness (QED) is 0.492. The Morgan fingerprint density at radius 3 is 2.41 bits per heavy atom. The molecule has 1 aliphatic carbocycles. The molecule has 0 atom stereocenters. The molecule has 0 unspecified atom stereocenters. The van der Waals surface area contributed by atoms with Gasteiger partial charge in [-0.05, 0) is 56.4 Å². The van der Waals surface area contributed by atoms with Crippen LogP contribution in [0.1, 0.15) is 62.5 Å². The van der Waals surface area contributed by atoms with Gasteiger partial charge >= 0.3 is 0 Å². The number of fused-ring (bicyclic) bond motifs is 1. The fourth-order valence-electron chi connectivity index (χ4n) is 4.60. The maximum Gasteiger partial charge on any atom is 0.268 e. The summed E-state index contributed by atoms with van der Waals surface area (Å²) < 4.78 is 28.0. The Kier molecular flexibility index (Phi) is 6.99. The Hall–Kier alpha value is -2.60. The van der Waals surface area contributed by atoms with Gasteiger partial charge in [0.1, 0.15) is 0 Å².